The lowest BCUT2D eigenvalue weighted by molar-refractivity contribution is -0.524. The van der Waals surface area contributed by atoms with E-state index in [1.807, 2.05) is 0 Å². The first-order valence-electron chi connectivity index (χ1n) is 6.65. The highest BCUT2D eigenvalue weighted by molar-refractivity contribution is 6.10. The quantitative estimate of drug-likeness (QED) is 0.527. The molecule has 0 amide bonds. The minimum absolute atomic E-state index is 0. The van der Waals surface area contributed by atoms with Gasteiger partial charge in [0.2, 0.25) is 5.71 Å². The summed E-state index contributed by atoms with van der Waals surface area (Å²) in [5, 5.41) is 0. The monoisotopic (exact) mass is 363 g/mol. The van der Waals surface area contributed by atoms with Gasteiger partial charge in [-0.1, -0.05) is 36.4 Å². The van der Waals surface area contributed by atoms with Crippen molar-refractivity contribution >= 4 is 5.71 Å². The average molecular weight is 363 g/mol. The predicted octanol–water partition coefficient (Wildman–Crippen LogP) is 0.116. The van der Waals surface area contributed by atoms with Crippen molar-refractivity contribution in [3.8, 4) is 0 Å². The van der Waals surface area contributed by atoms with E-state index in [1.165, 1.54) is 22.4 Å². The molecule has 1 aliphatic heterocycles. The first kappa shape index (κ1) is 14.3. The van der Waals surface area contributed by atoms with Crippen LogP contribution in [0, 0.1) is 0 Å². The molecular weight excluding hydrogens is 345 g/mol. The predicted molar refractivity (Wildman–Crippen MR) is 75.5 cm³/mol. The van der Waals surface area contributed by atoms with E-state index >= 15 is 0 Å². The summed E-state index contributed by atoms with van der Waals surface area (Å²) in [6, 6.07) is 19.5. The van der Waals surface area contributed by atoms with Gasteiger partial charge < -0.3 is 24.0 Å². The van der Waals surface area contributed by atoms with Gasteiger partial charge in [0.1, 0.15) is 13.1 Å². The first-order valence-corrected chi connectivity index (χ1v) is 6.65. The van der Waals surface area contributed by atoms with E-state index in [0.29, 0.717) is 0 Å². The lowest BCUT2D eigenvalue weighted by atomic mass is 9.92. The molecule has 0 bridgehead atoms. The van der Waals surface area contributed by atoms with Gasteiger partial charge in [0.15, 0.2) is 0 Å². The second-order valence-electron chi connectivity index (χ2n) is 4.70. The second-order valence-corrected chi connectivity index (χ2v) is 4.70. The van der Waals surface area contributed by atoms with Crippen molar-refractivity contribution in [3.05, 3.63) is 71.3 Å². The molecular formula is C17H18IN. The molecule has 1 aliphatic rings. The number of benzene rings is 2. The van der Waals surface area contributed by atoms with Gasteiger partial charge in [0, 0.05) is 17.5 Å². The Morgan fingerprint density at radius 2 is 1.63 bits per heavy atom. The molecule has 0 atom stereocenters. The minimum Gasteiger partial charge on any atom is -1.00 e. The number of rotatable bonds is 2. The second kappa shape index (κ2) is 6.33. The van der Waals surface area contributed by atoms with Crippen LogP contribution in [0.4, 0.5) is 0 Å². The van der Waals surface area contributed by atoms with E-state index in [1.54, 1.807) is 0 Å². The van der Waals surface area contributed by atoms with Crippen molar-refractivity contribution in [1.29, 1.82) is 0 Å². The van der Waals surface area contributed by atoms with Crippen molar-refractivity contribution in [2.75, 3.05) is 13.1 Å². The van der Waals surface area contributed by atoms with Crippen LogP contribution in [0.2, 0.25) is 0 Å². The van der Waals surface area contributed by atoms with Gasteiger partial charge in [-0.25, -0.2) is 4.58 Å². The Morgan fingerprint density at radius 1 is 0.947 bits per heavy atom. The molecule has 2 aromatic carbocycles. The number of hydrogen-bond acceptors (Lipinski definition) is 0. The fourth-order valence-electron chi connectivity index (χ4n) is 2.76. The van der Waals surface area contributed by atoms with Gasteiger partial charge in [-0.3, -0.25) is 0 Å². The molecule has 1 heterocycles. The number of likely N-dealkylation sites (N-methyl/N-ethyl adjacent to an activating group) is 1. The maximum Gasteiger partial charge on any atom is 0.214 e. The van der Waals surface area contributed by atoms with Crippen molar-refractivity contribution in [3.63, 3.8) is 0 Å². The molecule has 0 aliphatic carbocycles. The first-order chi connectivity index (χ1) is 8.90. The van der Waals surface area contributed by atoms with Crippen LogP contribution < -0.4 is 24.0 Å². The Balaban J connectivity index is 0.00000133. The van der Waals surface area contributed by atoms with Crippen LogP contribution in [-0.2, 0) is 6.42 Å². The summed E-state index contributed by atoms with van der Waals surface area (Å²) in [6.07, 6.45) is 1.15. The molecule has 0 N–H and O–H groups in total. The Kier molecular flexibility index (Phi) is 4.75. The third kappa shape index (κ3) is 2.73. The summed E-state index contributed by atoms with van der Waals surface area (Å²) in [5.41, 5.74) is 5.59. The summed E-state index contributed by atoms with van der Waals surface area (Å²) in [6.45, 7) is 4.42. The third-order valence-electron chi connectivity index (χ3n) is 3.67. The van der Waals surface area contributed by atoms with Crippen LogP contribution in [0.5, 0.6) is 0 Å². The van der Waals surface area contributed by atoms with Crippen LogP contribution in [0.15, 0.2) is 54.6 Å². The molecule has 0 spiro atoms. The van der Waals surface area contributed by atoms with Crippen LogP contribution in [0.1, 0.15) is 23.6 Å². The van der Waals surface area contributed by atoms with Gasteiger partial charge in [-0.15, -0.1) is 0 Å². The van der Waals surface area contributed by atoms with Crippen LogP contribution >= 0.6 is 0 Å². The number of fused-ring (bicyclic) bond motifs is 1. The molecule has 0 radical (unpaired) electrons. The zero-order chi connectivity index (χ0) is 12.4. The molecule has 98 valence electrons. The zero-order valence-corrected chi connectivity index (χ0v) is 13.3. The smallest absolute Gasteiger partial charge is 0.214 e. The molecule has 0 fully saturated rings. The van der Waals surface area contributed by atoms with E-state index in [-0.39, 0.29) is 24.0 Å². The summed E-state index contributed by atoms with van der Waals surface area (Å²) in [7, 11) is 0. The molecule has 0 unspecified atom stereocenters. The van der Waals surface area contributed by atoms with Crippen molar-refractivity contribution in [2.24, 2.45) is 0 Å². The molecule has 2 aromatic rings. The average Bonchev–Trinajstić information content (AvgIpc) is 2.47. The molecule has 0 saturated carbocycles. The van der Waals surface area contributed by atoms with Gasteiger partial charge >= 0.3 is 0 Å². The standard InChI is InChI=1S/C17H18N.HI/c1-2-18-13-12-14-8-6-7-11-16(14)17(18)15-9-4-3-5-10-15;/h3-11H,2,12-13H2,1H3;1H/q+1;/p-1. The summed E-state index contributed by atoms with van der Waals surface area (Å²) >= 11 is 0. The lowest BCUT2D eigenvalue weighted by Crippen LogP contribution is -3.00. The van der Waals surface area contributed by atoms with E-state index < -0.39 is 0 Å². The fraction of sp³-hybridized carbons (Fsp3) is 0.235. The lowest BCUT2D eigenvalue weighted by Gasteiger charge is -2.17. The molecule has 3 rings (SSSR count). The van der Waals surface area contributed by atoms with Gasteiger partial charge in [-0.05, 0) is 30.7 Å². The zero-order valence-electron chi connectivity index (χ0n) is 11.1. The molecule has 2 heteroatoms. The molecule has 0 saturated heterocycles. The SMILES string of the molecule is CC[N+]1=C(c2ccccc2)c2ccccc2CC1.[I-]. The summed E-state index contributed by atoms with van der Waals surface area (Å²) in [4.78, 5) is 0. The van der Waals surface area contributed by atoms with Crippen LogP contribution in [-0.4, -0.2) is 23.4 Å². The van der Waals surface area contributed by atoms with Crippen molar-refractivity contribution < 1.29 is 28.6 Å². The van der Waals surface area contributed by atoms with Crippen LogP contribution in [0.25, 0.3) is 0 Å². The Bertz CT molecular complexity index is 587. The van der Waals surface area contributed by atoms with Gasteiger partial charge in [0.05, 0.1) is 0 Å². The maximum atomic E-state index is 2.48. The van der Waals surface area contributed by atoms with E-state index in [9.17, 15) is 0 Å². The fourth-order valence-corrected chi connectivity index (χ4v) is 2.76. The molecule has 0 aromatic heterocycles. The highest BCUT2D eigenvalue weighted by Crippen LogP contribution is 2.20. The largest absolute Gasteiger partial charge is 1.00 e. The van der Waals surface area contributed by atoms with E-state index in [2.05, 4.69) is 66.1 Å². The number of halogens is 1. The van der Waals surface area contributed by atoms with Crippen molar-refractivity contribution in [1.82, 2.24) is 0 Å². The Morgan fingerprint density at radius 3 is 2.37 bits per heavy atom. The third-order valence-corrected chi connectivity index (χ3v) is 3.67. The van der Waals surface area contributed by atoms with Gasteiger partial charge in [-0.2, -0.15) is 0 Å². The Hall–Kier alpha value is -1.16. The van der Waals surface area contributed by atoms with Crippen LogP contribution in [0.3, 0.4) is 0 Å². The maximum absolute atomic E-state index is 2.48. The van der Waals surface area contributed by atoms with Crippen molar-refractivity contribution in [2.45, 2.75) is 13.3 Å². The van der Waals surface area contributed by atoms with E-state index in [4.69, 9.17) is 0 Å². The highest BCUT2D eigenvalue weighted by atomic mass is 127. The number of hydrogen-bond donors (Lipinski definition) is 0. The summed E-state index contributed by atoms with van der Waals surface area (Å²) in [5.74, 6) is 0. The Labute approximate surface area is 132 Å². The molecule has 1 nitrogen and oxygen atoms in total. The minimum atomic E-state index is 0. The highest BCUT2D eigenvalue weighted by Gasteiger charge is 2.25. The number of nitrogens with zero attached hydrogens (tertiary/aromatic N) is 1. The van der Waals surface area contributed by atoms with E-state index in [0.717, 1.165) is 19.5 Å². The summed E-state index contributed by atoms with van der Waals surface area (Å²) < 4.78 is 2.48. The normalized spacial score (nSPS) is 13.7. The van der Waals surface area contributed by atoms with Gasteiger partial charge in [0.25, 0.3) is 0 Å². The topological polar surface area (TPSA) is 3.01 Å². The molecule has 19 heavy (non-hydrogen) atoms.